The smallest absolute Gasteiger partial charge is 0.147 e. The Hall–Kier alpha value is -0.566. The fourth-order valence-corrected chi connectivity index (χ4v) is 6.23. The van der Waals surface area contributed by atoms with Crippen LogP contribution in [0.25, 0.3) is 16.3 Å². The van der Waals surface area contributed by atoms with Crippen molar-refractivity contribution in [2.45, 2.75) is 32.4 Å². The van der Waals surface area contributed by atoms with Crippen LogP contribution >= 0.6 is 24.8 Å². The molecule has 4 heteroatoms. The standard InChI is InChI=1S/C17H15.C2H5O.CH3.2ClH.Ti/c1-12-9-13(2)17(10-12)16-8-7-14-5-3-4-6-15(14)11-16;1-2-3;;;;/h3-9H,10H2,1-2H3;2H2,1H3;1H3;2*1H;/q;-1;;;;+1. The van der Waals surface area contributed by atoms with E-state index in [-0.39, 0.29) is 24.8 Å². The molecule has 1 nitrogen and oxygen atoms in total. The molecule has 0 saturated carbocycles. The topological polar surface area (TPSA) is 9.23 Å². The van der Waals surface area contributed by atoms with Gasteiger partial charge in [-0.25, -0.2) is 0 Å². The van der Waals surface area contributed by atoms with E-state index in [9.17, 15) is 0 Å². The van der Waals surface area contributed by atoms with E-state index in [1.807, 2.05) is 0 Å². The van der Waals surface area contributed by atoms with Gasteiger partial charge in [-0.05, 0) is 0 Å². The van der Waals surface area contributed by atoms with Gasteiger partial charge >= 0.3 is 140 Å². The van der Waals surface area contributed by atoms with Crippen molar-refractivity contribution in [2.24, 2.45) is 0 Å². The number of halogens is 2. The van der Waals surface area contributed by atoms with Crippen LogP contribution in [0, 0.1) is 0 Å². The molecule has 2 aromatic carbocycles. The van der Waals surface area contributed by atoms with Gasteiger partial charge in [-0.2, -0.15) is 0 Å². The molecule has 0 atom stereocenters. The summed E-state index contributed by atoms with van der Waals surface area (Å²) in [6, 6.07) is 13.3. The molecule has 0 heterocycles. The molecule has 0 N–H and O–H groups in total. The SMILES string of the molecule is CC[O][Ti]([CH3])[c]1c(C2=C(C)C=C(C)C2)ccc2ccccc12.Cl.Cl. The Labute approximate surface area is 164 Å². The molecule has 0 fully saturated rings. The van der Waals surface area contributed by atoms with Gasteiger partial charge in [-0.15, -0.1) is 24.8 Å². The number of fused-ring (bicyclic) bond motifs is 1. The Kier molecular flexibility index (Phi) is 8.25. The first-order chi connectivity index (χ1) is 10.6. The fraction of sp³-hybridized carbons (Fsp3) is 0.300. The van der Waals surface area contributed by atoms with E-state index >= 15 is 0 Å². The maximum atomic E-state index is 6.13. The third-order valence-electron chi connectivity index (χ3n) is 4.36. The number of hydrogen-bond acceptors (Lipinski definition) is 1. The second-order valence-corrected chi connectivity index (χ2v) is 9.00. The molecule has 129 valence electrons. The van der Waals surface area contributed by atoms with Crippen LogP contribution in [-0.4, -0.2) is 6.61 Å². The van der Waals surface area contributed by atoms with Crippen molar-refractivity contribution in [3.05, 3.63) is 59.2 Å². The van der Waals surface area contributed by atoms with Crippen LogP contribution < -0.4 is 3.87 Å². The normalized spacial score (nSPS) is 13.4. The van der Waals surface area contributed by atoms with Crippen LogP contribution in [0.5, 0.6) is 0 Å². The van der Waals surface area contributed by atoms with Gasteiger partial charge in [0.2, 0.25) is 0 Å². The monoisotopic (exact) mass is 399 g/mol. The van der Waals surface area contributed by atoms with Crippen molar-refractivity contribution >= 4 is 45.0 Å². The van der Waals surface area contributed by atoms with Crippen LogP contribution in [0.2, 0.25) is 5.23 Å². The first kappa shape index (κ1) is 21.5. The van der Waals surface area contributed by atoms with Gasteiger partial charge < -0.3 is 0 Å². The van der Waals surface area contributed by atoms with Crippen LogP contribution in [-0.2, 0) is 21.6 Å². The van der Waals surface area contributed by atoms with Crippen molar-refractivity contribution in [1.82, 2.24) is 0 Å². The van der Waals surface area contributed by atoms with E-state index in [1.165, 1.54) is 36.9 Å². The Bertz CT molecular complexity index is 780. The van der Waals surface area contributed by atoms with E-state index < -0.39 is 18.3 Å². The second-order valence-electron chi connectivity index (χ2n) is 6.03. The van der Waals surface area contributed by atoms with Gasteiger partial charge in [0.15, 0.2) is 0 Å². The molecular weight excluding hydrogens is 375 g/mol. The number of rotatable bonds is 4. The van der Waals surface area contributed by atoms with Crippen LogP contribution in [0.4, 0.5) is 0 Å². The Balaban J connectivity index is 0.00000144. The molecule has 24 heavy (non-hydrogen) atoms. The summed E-state index contributed by atoms with van der Waals surface area (Å²) in [7, 11) is 0. The van der Waals surface area contributed by atoms with E-state index in [4.69, 9.17) is 3.32 Å². The van der Waals surface area contributed by atoms with Crippen molar-refractivity contribution < 1.29 is 21.6 Å². The molecule has 0 spiro atoms. The van der Waals surface area contributed by atoms with Gasteiger partial charge in [0.05, 0.1) is 0 Å². The zero-order valence-corrected chi connectivity index (χ0v) is 17.9. The predicted octanol–water partition coefficient (Wildman–Crippen LogP) is 6.05. The molecule has 0 saturated heterocycles. The zero-order valence-electron chi connectivity index (χ0n) is 14.7. The van der Waals surface area contributed by atoms with Crippen molar-refractivity contribution in [2.75, 3.05) is 6.61 Å². The second kappa shape index (κ2) is 9.22. The maximum Gasteiger partial charge on any atom is -0.147 e. The molecule has 0 radical (unpaired) electrons. The van der Waals surface area contributed by atoms with Gasteiger partial charge in [-0.3, -0.25) is 0 Å². The Morgan fingerprint density at radius 3 is 2.38 bits per heavy atom. The molecule has 1 aliphatic carbocycles. The minimum atomic E-state index is -1.71. The van der Waals surface area contributed by atoms with Gasteiger partial charge in [-0.1, -0.05) is 0 Å². The molecule has 0 aliphatic heterocycles. The summed E-state index contributed by atoms with van der Waals surface area (Å²) < 4.78 is 7.62. The molecular formula is C20H25Cl2OTi. The van der Waals surface area contributed by atoms with E-state index in [2.05, 4.69) is 68.5 Å². The minimum Gasteiger partial charge on any atom is -0.147 e. The average molecular weight is 400 g/mol. The molecule has 1 aliphatic rings. The Morgan fingerprint density at radius 1 is 1.04 bits per heavy atom. The number of allylic oxidation sites excluding steroid dienone is 4. The molecule has 0 unspecified atom stereocenters. The van der Waals surface area contributed by atoms with Crippen molar-refractivity contribution in [3.63, 3.8) is 0 Å². The average Bonchev–Trinajstić information content (AvgIpc) is 2.84. The fourth-order valence-electron chi connectivity index (χ4n) is 3.42. The summed E-state index contributed by atoms with van der Waals surface area (Å²) in [6.07, 6.45) is 3.40. The first-order valence-corrected chi connectivity index (χ1v) is 11.0. The largest absolute Gasteiger partial charge is 0.147 e. The van der Waals surface area contributed by atoms with Crippen LogP contribution in [0.1, 0.15) is 32.8 Å². The minimum absolute atomic E-state index is 0. The predicted molar refractivity (Wildman–Crippen MR) is 107 cm³/mol. The number of benzene rings is 2. The summed E-state index contributed by atoms with van der Waals surface area (Å²) >= 11 is -1.71. The van der Waals surface area contributed by atoms with Crippen LogP contribution in [0.3, 0.4) is 0 Å². The third kappa shape index (κ3) is 4.15. The Morgan fingerprint density at radius 2 is 1.75 bits per heavy atom. The van der Waals surface area contributed by atoms with Crippen molar-refractivity contribution in [3.8, 4) is 0 Å². The molecule has 0 amide bonds. The maximum absolute atomic E-state index is 6.13. The summed E-state index contributed by atoms with van der Waals surface area (Å²) in [5, 5.41) is 5.05. The summed E-state index contributed by atoms with van der Waals surface area (Å²) in [5.74, 6) is 0. The van der Waals surface area contributed by atoms with E-state index in [1.54, 1.807) is 0 Å². The van der Waals surface area contributed by atoms with E-state index in [0.29, 0.717) is 0 Å². The van der Waals surface area contributed by atoms with E-state index in [0.717, 1.165) is 13.0 Å². The molecule has 0 bridgehead atoms. The summed E-state index contributed by atoms with van der Waals surface area (Å²) in [5.41, 5.74) is 5.79. The quantitative estimate of drug-likeness (QED) is 0.568. The third-order valence-corrected chi connectivity index (χ3v) is 7.43. The number of hydrogen-bond donors (Lipinski definition) is 0. The first-order valence-electron chi connectivity index (χ1n) is 7.97. The van der Waals surface area contributed by atoms with Gasteiger partial charge in [0, 0.05) is 0 Å². The van der Waals surface area contributed by atoms with Crippen molar-refractivity contribution in [1.29, 1.82) is 0 Å². The summed E-state index contributed by atoms with van der Waals surface area (Å²) in [4.78, 5) is 0. The van der Waals surface area contributed by atoms with Crippen LogP contribution in [0.15, 0.2) is 53.6 Å². The van der Waals surface area contributed by atoms with Gasteiger partial charge in [0.1, 0.15) is 0 Å². The summed E-state index contributed by atoms with van der Waals surface area (Å²) in [6.45, 7) is 7.38. The zero-order chi connectivity index (χ0) is 15.7. The molecule has 3 rings (SSSR count). The molecule has 0 aromatic heterocycles. The molecule has 2 aromatic rings. The van der Waals surface area contributed by atoms with Gasteiger partial charge in [0.25, 0.3) is 0 Å².